The first kappa shape index (κ1) is 20.4. The Bertz CT molecular complexity index is 745. The van der Waals surface area contributed by atoms with Crippen LogP contribution in [0.1, 0.15) is 56.6 Å². The molecule has 3 fully saturated rings. The van der Waals surface area contributed by atoms with Gasteiger partial charge in [-0.05, 0) is 49.8 Å². The van der Waals surface area contributed by atoms with E-state index in [0.717, 1.165) is 58.4 Å². The summed E-state index contributed by atoms with van der Waals surface area (Å²) in [5.41, 5.74) is 2.04. The summed E-state index contributed by atoms with van der Waals surface area (Å²) in [6.07, 6.45) is 3.16. The number of carbonyl (C=O) groups excluding carboxylic acids is 2. The Hall–Kier alpha value is -1.92. The third kappa shape index (κ3) is 4.05. The van der Waals surface area contributed by atoms with Gasteiger partial charge in [-0.1, -0.05) is 38.1 Å². The summed E-state index contributed by atoms with van der Waals surface area (Å²) < 4.78 is 0. The highest BCUT2D eigenvalue weighted by atomic mass is 16.2. The first-order valence-corrected chi connectivity index (χ1v) is 11.0. The molecule has 3 heterocycles. The minimum absolute atomic E-state index is 0.0123. The molecular formula is C23H34N4O2. The summed E-state index contributed by atoms with van der Waals surface area (Å²) in [5, 5.41) is 3.05. The average Bonchev–Trinajstić information content (AvgIpc) is 2.95. The second kappa shape index (κ2) is 8.07. The molecule has 1 N–H and O–H groups in total. The lowest BCUT2D eigenvalue weighted by atomic mass is 9.87. The number of urea groups is 1. The number of hydrogen-bond donors (Lipinski definition) is 1. The molecule has 0 atom stereocenters. The molecule has 4 rings (SSSR count). The van der Waals surface area contributed by atoms with Crippen LogP contribution < -0.4 is 5.32 Å². The van der Waals surface area contributed by atoms with Gasteiger partial charge in [0.15, 0.2) is 0 Å². The van der Waals surface area contributed by atoms with Gasteiger partial charge in [0.2, 0.25) is 0 Å². The Labute approximate surface area is 174 Å². The van der Waals surface area contributed by atoms with Crippen molar-refractivity contribution < 1.29 is 9.59 Å². The zero-order valence-corrected chi connectivity index (χ0v) is 18.0. The van der Waals surface area contributed by atoms with Gasteiger partial charge in [-0.2, -0.15) is 0 Å². The molecule has 3 aliphatic heterocycles. The van der Waals surface area contributed by atoms with Gasteiger partial charge in [-0.3, -0.25) is 14.6 Å². The van der Waals surface area contributed by atoms with Crippen LogP contribution in [0.15, 0.2) is 24.3 Å². The molecule has 0 radical (unpaired) electrons. The molecule has 0 aliphatic carbocycles. The Morgan fingerprint density at radius 2 is 1.66 bits per heavy atom. The molecule has 29 heavy (non-hydrogen) atoms. The summed E-state index contributed by atoms with van der Waals surface area (Å²) in [6.45, 7) is 8.91. The van der Waals surface area contributed by atoms with E-state index in [1.54, 1.807) is 4.90 Å². The Morgan fingerprint density at radius 1 is 1.03 bits per heavy atom. The molecule has 158 valence electrons. The van der Waals surface area contributed by atoms with Crippen molar-refractivity contribution >= 4 is 11.9 Å². The van der Waals surface area contributed by atoms with Gasteiger partial charge in [0.1, 0.15) is 5.54 Å². The Kier molecular flexibility index (Phi) is 5.67. The van der Waals surface area contributed by atoms with Crippen molar-refractivity contribution in [3.05, 3.63) is 35.4 Å². The highest BCUT2D eigenvalue weighted by Gasteiger charge is 2.53. The fourth-order valence-electron chi connectivity index (χ4n) is 4.91. The van der Waals surface area contributed by atoms with Crippen molar-refractivity contribution in [3.8, 4) is 0 Å². The monoisotopic (exact) mass is 398 g/mol. The van der Waals surface area contributed by atoms with E-state index < -0.39 is 5.54 Å². The smallest absolute Gasteiger partial charge is 0.323 e. The Morgan fingerprint density at radius 3 is 2.24 bits per heavy atom. The van der Waals surface area contributed by atoms with Gasteiger partial charge in [-0.15, -0.1) is 0 Å². The second-order valence-corrected chi connectivity index (χ2v) is 9.39. The maximum atomic E-state index is 13.2. The van der Waals surface area contributed by atoms with Gasteiger partial charge in [0.05, 0.1) is 0 Å². The number of piperidine rings is 2. The van der Waals surface area contributed by atoms with Crippen molar-refractivity contribution in [2.75, 3.05) is 33.2 Å². The fraction of sp³-hybridized carbons (Fsp3) is 0.652. The number of nitrogens with zero attached hydrogens (tertiary/aromatic N) is 3. The molecule has 0 aromatic heterocycles. The third-order valence-corrected chi connectivity index (χ3v) is 7.01. The molecule has 3 aliphatic rings. The summed E-state index contributed by atoms with van der Waals surface area (Å²) >= 11 is 0. The predicted octanol–water partition coefficient (Wildman–Crippen LogP) is 2.79. The quantitative estimate of drug-likeness (QED) is 0.793. The van der Waals surface area contributed by atoms with Crippen LogP contribution in [0.25, 0.3) is 0 Å². The summed E-state index contributed by atoms with van der Waals surface area (Å²) in [7, 11) is 2.07. The average molecular weight is 399 g/mol. The lowest BCUT2D eigenvalue weighted by Gasteiger charge is -2.37. The molecule has 0 unspecified atom stereocenters. The maximum Gasteiger partial charge on any atom is 0.325 e. The lowest BCUT2D eigenvalue weighted by Crippen LogP contribution is -2.55. The van der Waals surface area contributed by atoms with Gasteiger partial charge < -0.3 is 10.2 Å². The zero-order valence-electron chi connectivity index (χ0n) is 18.0. The normalized spacial score (nSPS) is 23.9. The summed E-state index contributed by atoms with van der Waals surface area (Å²) in [4.78, 5) is 32.0. The van der Waals surface area contributed by atoms with Gasteiger partial charge in [0.25, 0.3) is 5.91 Å². The lowest BCUT2D eigenvalue weighted by molar-refractivity contribution is -0.135. The van der Waals surface area contributed by atoms with Crippen LogP contribution in [0.4, 0.5) is 4.79 Å². The second-order valence-electron chi connectivity index (χ2n) is 9.39. The van der Waals surface area contributed by atoms with Crippen molar-refractivity contribution in [3.63, 3.8) is 0 Å². The first-order valence-electron chi connectivity index (χ1n) is 11.0. The van der Waals surface area contributed by atoms with Crippen molar-refractivity contribution in [1.29, 1.82) is 0 Å². The number of hydrogen-bond acceptors (Lipinski definition) is 4. The van der Waals surface area contributed by atoms with Gasteiger partial charge >= 0.3 is 6.03 Å². The standard InChI is InChI=1S/C23H34N4O2/c1-17(2)19-6-4-18(5-7-19)16-26-12-8-20(9-13-26)27-21(28)23(24-22(27)29)10-14-25(3)15-11-23/h4-7,17,20H,8-16H2,1-3H3,(H,24,29). The summed E-state index contributed by atoms with van der Waals surface area (Å²) in [5.74, 6) is 0.565. The topological polar surface area (TPSA) is 55.9 Å². The van der Waals surface area contributed by atoms with Crippen LogP contribution in [-0.4, -0.2) is 71.4 Å². The van der Waals surface area contributed by atoms with Crippen LogP contribution in [0.3, 0.4) is 0 Å². The van der Waals surface area contributed by atoms with E-state index in [1.165, 1.54) is 11.1 Å². The highest BCUT2D eigenvalue weighted by Crippen LogP contribution is 2.32. The van der Waals surface area contributed by atoms with Crippen LogP contribution in [-0.2, 0) is 11.3 Å². The van der Waals surface area contributed by atoms with E-state index in [2.05, 4.69) is 60.3 Å². The number of likely N-dealkylation sites (tertiary alicyclic amines) is 2. The van der Waals surface area contributed by atoms with Gasteiger partial charge in [0, 0.05) is 38.8 Å². The molecule has 6 heteroatoms. The number of rotatable bonds is 4. The van der Waals surface area contributed by atoms with Crippen molar-refractivity contribution in [2.45, 2.75) is 63.6 Å². The number of benzene rings is 1. The largest absolute Gasteiger partial charge is 0.325 e. The van der Waals surface area contributed by atoms with E-state index in [9.17, 15) is 9.59 Å². The molecule has 3 amide bonds. The van der Waals surface area contributed by atoms with Gasteiger partial charge in [-0.25, -0.2) is 4.79 Å². The van der Waals surface area contributed by atoms with Crippen LogP contribution in [0, 0.1) is 0 Å². The molecule has 1 aromatic rings. The fourth-order valence-corrected chi connectivity index (χ4v) is 4.91. The summed E-state index contributed by atoms with van der Waals surface area (Å²) in [6, 6.07) is 8.75. The third-order valence-electron chi connectivity index (χ3n) is 7.01. The maximum absolute atomic E-state index is 13.2. The number of carbonyl (C=O) groups is 2. The van der Waals surface area contributed by atoms with Crippen molar-refractivity contribution in [2.24, 2.45) is 0 Å². The number of imide groups is 1. The van der Waals surface area contributed by atoms with Crippen LogP contribution in [0.5, 0.6) is 0 Å². The zero-order chi connectivity index (χ0) is 20.6. The molecular weight excluding hydrogens is 364 g/mol. The Balaban J connectivity index is 1.33. The van der Waals surface area contributed by atoms with E-state index in [4.69, 9.17) is 0 Å². The van der Waals surface area contributed by atoms with Crippen LogP contribution in [0.2, 0.25) is 0 Å². The first-order chi connectivity index (χ1) is 13.9. The highest BCUT2D eigenvalue weighted by molar-refractivity contribution is 6.07. The minimum atomic E-state index is -0.654. The SMILES string of the molecule is CC(C)c1ccc(CN2CCC(N3C(=O)NC4(CCN(C)CC4)C3=O)CC2)cc1. The molecule has 0 bridgehead atoms. The van der Waals surface area contributed by atoms with Crippen LogP contribution >= 0.6 is 0 Å². The molecule has 3 saturated heterocycles. The number of nitrogens with one attached hydrogen (secondary N) is 1. The molecule has 6 nitrogen and oxygen atoms in total. The van der Waals surface area contributed by atoms with E-state index >= 15 is 0 Å². The van der Waals surface area contributed by atoms with E-state index in [1.807, 2.05) is 0 Å². The van der Waals surface area contributed by atoms with Crippen molar-refractivity contribution in [1.82, 2.24) is 20.0 Å². The number of amides is 3. The van der Waals surface area contributed by atoms with E-state index in [0.29, 0.717) is 5.92 Å². The molecule has 1 aromatic carbocycles. The molecule has 0 saturated carbocycles. The molecule has 1 spiro atoms. The minimum Gasteiger partial charge on any atom is -0.323 e. The predicted molar refractivity (Wildman–Crippen MR) is 114 cm³/mol. The van der Waals surface area contributed by atoms with E-state index in [-0.39, 0.29) is 18.0 Å².